The van der Waals surface area contributed by atoms with Crippen LogP contribution in [0.5, 0.6) is 0 Å². The molecular weight excluding hydrogens is 280 g/mol. The third-order valence-corrected chi connectivity index (χ3v) is 1.17. The van der Waals surface area contributed by atoms with Crippen molar-refractivity contribution in [2.75, 3.05) is 4.43 Å². The van der Waals surface area contributed by atoms with Crippen LogP contribution < -0.4 is 0 Å². The van der Waals surface area contributed by atoms with E-state index in [9.17, 15) is 22.8 Å². The van der Waals surface area contributed by atoms with E-state index in [4.69, 9.17) is 0 Å². The van der Waals surface area contributed by atoms with Gasteiger partial charge in [-0.15, -0.1) is 0 Å². The second-order valence-corrected chi connectivity index (χ2v) is 2.16. The van der Waals surface area contributed by atoms with Crippen molar-refractivity contribution in [1.29, 1.82) is 0 Å². The number of halogens is 4. The van der Waals surface area contributed by atoms with Gasteiger partial charge in [-0.3, -0.25) is 4.79 Å². The molecule has 0 aromatic rings. The lowest BCUT2D eigenvalue weighted by atomic mass is 10.6. The van der Waals surface area contributed by atoms with Crippen molar-refractivity contribution < 1.29 is 27.5 Å². The molecule has 0 rings (SSSR count). The van der Waals surface area contributed by atoms with Crippen LogP contribution in [0.3, 0.4) is 0 Å². The average Bonchev–Trinajstić information content (AvgIpc) is 1.85. The topological polar surface area (TPSA) is 43.4 Å². The van der Waals surface area contributed by atoms with Crippen molar-refractivity contribution in [2.24, 2.45) is 0 Å². The van der Waals surface area contributed by atoms with E-state index in [0.717, 1.165) is 0 Å². The van der Waals surface area contributed by atoms with E-state index in [1.54, 1.807) is 0 Å². The highest BCUT2D eigenvalue weighted by molar-refractivity contribution is 14.1. The zero-order chi connectivity index (χ0) is 9.07. The standard InChI is InChI=1S/C4H2F3IO3/c5-4(6,7)3(10)11-2(9)1-8/h1H2. The van der Waals surface area contributed by atoms with Crippen molar-refractivity contribution in [2.45, 2.75) is 6.18 Å². The summed E-state index contributed by atoms with van der Waals surface area (Å²) >= 11 is 1.48. The van der Waals surface area contributed by atoms with E-state index in [2.05, 4.69) is 4.74 Å². The summed E-state index contributed by atoms with van der Waals surface area (Å²) in [6.07, 6.45) is -5.10. The first-order valence-electron chi connectivity index (χ1n) is 2.25. The SMILES string of the molecule is O=C(CI)OC(=O)C(F)(F)F. The molecule has 0 saturated heterocycles. The Morgan fingerprint density at radius 3 is 2.09 bits per heavy atom. The zero-order valence-corrected chi connectivity index (χ0v) is 7.10. The van der Waals surface area contributed by atoms with Crippen LogP contribution in [0.25, 0.3) is 0 Å². The van der Waals surface area contributed by atoms with Crippen molar-refractivity contribution in [3.8, 4) is 0 Å². The lowest BCUT2D eigenvalue weighted by molar-refractivity contribution is -0.200. The fourth-order valence-corrected chi connectivity index (χ4v) is 0.344. The lowest BCUT2D eigenvalue weighted by Gasteiger charge is -2.02. The molecule has 0 radical (unpaired) electrons. The molecule has 0 N–H and O–H groups in total. The number of rotatable bonds is 1. The highest BCUT2D eigenvalue weighted by atomic mass is 127. The Balaban J connectivity index is 3.99. The van der Waals surface area contributed by atoms with E-state index in [0.29, 0.717) is 0 Å². The van der Waals surface area contributed by atoms with Gasteiger partial charge >= 0.3 is 18.1 Å². The fraction of sp³-hybridized carbons (Fsp3) is 0.500. The summed E-state index contributed by atoms with van der Waals surface area (Å²) in [5.41, 5.74) is 0. The van der Waals surface area contributed by atoms with Crippen LogP contribution in [0, 0.1) is 0 Å². The summed E-state index contributed by atoms with van der Waals surface area (Å²) < 4.78 is 37.0. The van der Waals surface area contributed by atoms with Crippen molar-refractivity contribution in [3.05, 3.63) is 0 Å². The summed E-state index contributed by atoms with van der Waals surface area (Å²) in [7, 11) is 0. The Morgan fingerprint density at radius 1 is 1.36 bits per heavy atom. The largest absolute Gasteiger partial charge is 0.491 e. The zero-order valence-electron chi connectivity index (χ0n) is 4.94. The first-order chi connectivity index (χ1) is 4.88. The molecule has 0 spiro atoms. The second-order valence-electron chi connectivity index (χ2n) is 1.39. The van der Waals surface area contributed by atoms with Gasteiger partial charge in [0, 0.05) is 0 Å². The average molecular weight is 282 g/mol. The van der Waals surface area contributed by atoms with Crippen LogP contribution in [0.15, 0.2) is 0 Å². The first kappa shape index (κ1) is 10.7. The van der Waals surface area contributed by atoms with Crippen LogP contribution in [0.4, 0.5) is 13.2 Å². The summed E-state index contributed by atoms with van der Waals surface area (Å²) in [4.78, 5) is 20.0. The van der Waals surface area contributed by atoms with Gasteiger partial charge in [-0.25, -0.2) is 4.79 Å². The maximum atomic E-state index is 11.3. The number of carbonyl (C=O) groups excluding carboxylic acids is 2. The highest BCUT2D eigenvalue weighted by Crippen LogP contribution is 2.16. The molecule has 64 valence electrons. The number of ether oxygens (including phenoxy) is 1. The van der Waals surface area contributed by atoms with Crippen molar-refractivity contribution in [3.63, 3.8) is 0 Å². The number of carbonyl (C=O) groups is 2. The van der Waals surface area contributed by atoms with Gasteiger partial charge < -0.3 is 4.74 Å². The molecule has 0 aromatic heterocycles. The molecule has 0 heterocycles. The summed E-state index contributed by atoms with van der Waals surface area (Å²) in [5.74, 6) is -3.67. The van der Waals surface area contributed by atoms with Crippen LogP contribution in [-0.4, -0.2) is 22.5 Å². The Bertz CT molecular complexity index is 176. The molecule has 0 aliphatic carbocycles. The van der Waals surface area contributed by atoms with E-state index < -0.39 is 18.1 Å². The quantitative estimate of drug-likeness (QED) is 0.312. The maximum absolute atomic E-state index is 11.3. The lowest BCUT2D eigenvalue weighted by Crippen LogP contribution is -2.28. The molecule has 0 saturated carbocycles. The van der Waals surface area contributed by atoms with Gasteiger partial charge in [-0.2, -0.15) is 13.2 Å². The monoisotopic (exact) mass is 282 g/mol. The summed E-state index contributed by atoms with van der Waals surface area (Å²) in [5, 5.41) is 0. The summed E-state index contributed by atoms with van der Waals surface area (Å²) in [6, 6.07) is 0. The molecule has 0 unspecified atom stereocenters. The summed E-state index contributed by atoms with van der Waals surface area (Å²) in [6.45, 7) is 0. The number of hydrogen-bond donors (Lipinski definition) is 0. The molecule has 0 amide bonds. The van der Waals surface area contributed by atoms with Gasteiger partial charge in [0.05, 0.1) is 4.43 Å². The predicted molar refractivity (Wildman–Crippen MR) is 36.0 cm³/mol. The third kappa shape index (κ3) is 4.17. The second kappa shape index (κ2) is 3.88. The molecule has 0 fully saturated rings. The minimum Gasteiger partial charge on any atom is -0.386 e. The minimum atomic E-state index is -5.10. The molecule has 0 bridgehead atoms. The number of hydrogen-bond acceptors (Lipinski definition) is 3. The van der Waals surface area contributed by atoms with Crippen LogP contribution >= 0.6 is 22.6 Å². The van der Waals surface area contributed by atoms with Gasteiger partial charge in [0.25, 0.3) is 0 Å². The van der Waals surface area contributed by atoms with E-state index >= 15 is 0 Å². The fourth-order valence-electron chi connectivity index (χ4n) is 0.189. The molecule has 0 aromatic carbocycles. The predicted octanol–water partition coefficient (Wildman–Crippen LogP) is 1.05. The molecule has 11 heavy (non-hydrogen) atoms. The van der Waals surface area contributed by atoms with Crippen molar-refractivity contribution in [1.82, 2.24) is 0 Å². The number of alkyl halides is 4. The van der Waals surface area contributed by atoms with E-state index in [1.807, 2.05) is 0 Å². The molecule has 0 aliphatic rings. The maximum Gasteiger partial charge on any atom is 0.491 e. The van der Waals surface area contributed by atoms with Crippen LogP contribution in [0.2, 0.25) is 0 Å². The van der Waals surface area contributed by atoms with Crippen molar-refractivity contribution >= 4 is 34.5 Å². The third-order valence-electron chi connectivity index (χ3n) is 0.547. The van der Waals surface area contributed by atoms with E-state index in [-0.39, 0.29) is 4.43 Å². The Kier molecular flexibility index (Phi) is 3.76. The van der Waals surface area contributed by atoms with Crippen LogP contribution in [0.1, 0.15) is 0 Å². The van der Waals surface area contributed by atoms with Gasteiger partial charge in [-0.05, 0) is 0 Å². The minimum absolute atomic E-state index is 0.292. The number of esters is 2. The molecule has 7 heteroatoms. The Morgan fingerprint density at radius 2 is 1.82 bits per heavy atom. The van der Waals surface area contributed by atoms with Gasteiger partial charge in [0.15, 0.2) is 0 Å². The van der Waals surface area contributed by atoms with E-state index in [1.165, 1.54) is 22.6 Å². The van der Waals surface area contributed by atoms with Crippen LogP contribution in [-0.2, 0) is 14.3 Å². The molecular formula is C4H2F3IO3. The smallest absolute Gasteiger partial charge is 0.386 e. The first-order valence-corrected chi connectivity index (χ1v) is 3.78. The van der Waals surface area contributed by atoms with Gasteiger partial charge in [-0.1, -0.05) is 22.6 Å². The van der Waals surface area contributed by atoms with Gasteiger partial charge in [0.2, 0.25) is 0 Å². The van der Waals surface area contributed by atoms with Gasteiger partial charge in [0.1, 0.15) is 0 Å². The normalized spacial score (nSPS) is 10.9. The molecule has 0 atom stereocenters. The molecule has 0 aliphatic heterocycles. The Labute approximate surface area is 73.0 Å². The Hall–Kier alpha value is -0.340. The highest BCUT2D eigenvalue weighted by Gasteiger charge is 2.42. The molecule has 3 nitrogen and oxygen atoms in total.